The summed E-state index contributed by atoms with van der Waals surface area (Å²) in [5.74, 6) is -1.43. The van der Waals surface area contributed by atoms with Crippen LogP contribution in [0.3, 0.4) is 0 Å². The highest BCUT2D eigenvalue weighted by atomic mass is 35.5. The Balaban J connectivity index is 1.57. The number of nitrogens with zero attached hydrogens (tertiary/aromatic N) is 2. The summed E-state index contributed by atoms with van der Waals surface area (Å²) in [7, 11) is 0. The zero-order valence-corrected chi connectivity index (χ0v) is 17.0. The van der Waals surface area contributed by atoms with Gasteiger partial charge in [-0.25, -0.2) is 13.9 Å². The molecule has 29 heavy (non-hydrogen) atoms. The molecule has 0 bridgehead atoms. The van der Waals surface area contributed by atoms with Gasteiger partial charge in [-0.3, -0.25) is 4.79 Å². The number of aromatic nitrogens is 2. The molecule has 0 unspecified atom stereocenters. The Hall–Kier alpha value is -2.97. The third kappa shape index (κ3) is 5.52. The molecular formula is C20H17ClFN3O3S. The monoisotopic (exact) mass is 433 g/mol. The van der Waals surface area contributed by atoms with Crippen LogP contribution >= 0.6 is 22.9 Å². The van der Waals surface area contributed by atoms with Gasteiger partial charge in [-0.15, -0.1) is 11.3 Å². The van der Waals surface area contributed by atoms with E-state index < -0.39 is 11.9 Å². The van der Waals surface area contributed by atoms with Gasteiger partial charge in [0.15, 0.2) is 6.61 Å². The molecule has 2 heterocycles. The van der Waals surface area contributed by atoms with Crippen LogP contribution < -0.4 is 5.32 Å². The number of benzene rings is 1. The molecule has 0 saturated heterocycles. The maximum absolute atomic E-state index is 13.1. The first-order chi connectivity index (χ1) is 13.9. The first kappa shape index (κ1) is 20.8. The van der Waals surface area contributed by atoms with Gasteiger partial charge in [0.05, 0.1) is 17.9 Å². The standard InChI is InChI=1S/C20H17ClFN3O3S/c1-13-17(20(21)25(24-13)15-6-4-14(22)5-7-15)8-9-19(27)28-12-18(26)23-11-16-3-2-10-29-16/h2-10H,11-12H2,1H3,(H,23,26). The Morgan fingerprint density at radius 2 is 2.07 bits per heavy atom. The second-order valence-electron chi connectivity index (χ2n) is 5.98. The number of carbonyl (C=O) groups is 2. The summed E-state index contributed by atoms with van der Waals surface area (Å²) in [4.78, 5) is 24.6. The smallest absolute Gasteiger partial charge is 0.331 e. The summed E-state index contributed by atoms with van der Waals surface area (Å²) in [6.07, 6.45) is 2.65. The van der Waals surface area contributed by atoms with Gasteiger partial charge >= 0.3 is 5.97 Å². The molecule has 3 rings (SSSR count). The Labute approximate surface area is 175 Å². The average Bonchev–Trinajstić information content (AvgIpc) is 3.32. The number of amides is 1. The van der Waals surface area contributed by atoms with Gasteiger partial charge in [0.2, 0.25) is 0 Å². The number of hydrogen-bond donors (Lipinski definition) is 1. The van der Waals surface area contributed by atoms with E-state index >= 15 is 0 Å². The SMILES string of the molecule is Cc1nn(-c2ccc(F)cc2)c(Cl)c1C=CC(=O)OCC(=O)NCc1cccs1. The Bertz CT molecular complexity index is 1030. The van der Waals surface area contributed by atoms with Crippen LogP contribution in [0.5, 0.6) is 0 Å². The van der Waals surface area contributed by atoms with Crippen LogP contribution in [-0.4, -0.2) is 28.3 Å². The number of thiophene rings is 1. The van der Waals surface area contributed by atoms with Crippen LogP contribution in [0.1, 0.15) is 16.1 Å². The fraction of sp³-hybridized carbons (Fsp3) is 0.150. The Morgan fingerprint density at radius 1 is 1.31 bits per heavy atom. The van der Waals surface area contributed by atoms with Crippen molar-refractivity contribution >= 4 is 40.9 Å². The second kappa shape index (κ2) is 9.49. The number of ether oxygens (including phenoxy) is 1. The van der Waals surface area contributed by atoms with Crippen molar-refractivity contribution in [2.24, 2.45) is 0 Å². The zero-order chi connectivity index (χ0) is 20.8. The molecule has 1 amide bonds. The van der Waals surface area contributed by atoms with Crippen molar-refractivity contribution in [2.45, 2.75) is 13.5 Å². The quantitative estimate of drug-likeness (QED) is 0.453. The van der Waals surface area contributed by atoms with Crippen molar-refractivity contribution in [3.63, 3.8) is 0 Å². The molecule has 0 fully saturated rings. The summed E-state index contributed by atoms with van der Waals surface area (Å²) >= 11 is 7.87. The highest BCUT2D eigenvalue weighted by Crippen LogP contribution is 2.24. The van der Waals surface area contributed by atoms with Crippen molar-refractivity contribution in [3.8, 4) is 5.69 Å². The molecule has 9 heteroatoms. The van der Waals surface area contributed by atoms with Gasteiger partial charge < -0.3 is 10.1 Å². The van der Waals surface area contributed by atoms with Crippen molar-refractivity contribution in [3.05, 3.63) is 75.0 Å². The molecule has 0 aliphatic carbocycles. The van der Waals surface area contributed by atoms with E-state index in [-0.39, 0.29) is 17.6 Å². The van der Waals surface area contributed by atoms with E-state index in [9.17, 15) is 14.0 Å². The lowest BCUT2D eigenvalue weighted by atomic mass is 10.2. The van der Waals surface area contributed by atoms with Crippen molar-refractivity contribution in [2.75, 3.05) is 6.61 Å². The summed E-state index contributed by atoms with van der Waals surface area (Å²) in [6.45, 7) is 1.74. The van der Waals surface area contributed by atoms with E-state index in [1.54, 1.807) is 19.1 Å². The predicted molar refractivity (Wildman–Crippen MR) is 109 cm³/mol. The topological polar surface area (TPSA) is 73.2 Å². The van der Waals surface area contributed by atoms with Crippen molar-refractivity contribution in [1.82, 2.24) is 15.1 Å². The van der Waals surface area contributed by atoms with E-state index in [1.807, 2.05) is 17.5 Å². The van der Waals surface area contributed by atoms with Gasteiger partial charge in [-0.1, -0.05) is 17.7 Å². The first-order valence-electron chi connectivity index (χ1n) is 8.59. The predicted octanol–water partition coefficient (Wildman–Crippen LogP) is 3.91. The molecule has 0 saturated carbocycles. The largest absolute Gasteiger partial charge is 0.452 e. The summed E-state index contributed by atoms with van der Waals surface area (Å²) in [5.41, 5.74) is 1.69. The number of rotatable bonds is 7. The third-order valence-corrected chi connectivity index (χ3v) is 5.13. The van der Waals surface area contributed by atoms with Gasteiger partial charge in [-0.2, -0.15) is 5.10 Å². The van der Waals surface area contributed by atoms with E-state index in [0.29, 0.717) is 23.5 Å². The van der Waals surface area contributed by atoms with Crippen LogP contribution in [0.15, 0.2) is 47.9 Å². The molecule has 150 valence electrons. The molecule has 1 aromatic carbocycles. The van der Waals surface area contributed by atoms with Gasteiger partial charge in [-0.05, 0) is 48.7 Å². The molecule has 3 aromatic rings. The van der Waals surface area contributed by atoms with Crippen LogP contribution in [0.2, 0.25) is 5.15 Å². The Kier molecular flexibility index (Phi) is 6.79. The zero-order valence-electron chi connectivity index (χ0n) is 15.4. The van der Waals surface area contributed by atoms with E-state index in [2.05, 4.69) is 10.4 Å². The minimum absolute atomic E-state index is 0.270. The lowest BCUT2D eigenvalue weighted by molar-refractivity contribution is -0.143. The Morgan fingerprint density at radius 3 is 2.76 bits per heavy atom. The highest BCUT2D eigenvalue weighted by molar-refractivity contribution is 7.09. The maximum atomic E-state index is 13.1. The summed E-state index contributed by atoms with van der Waals surface area (Å²) in [5, 5.41) is 9.16. The number of nitrogens with one attached hydrogen (secondary N) is 1. The van der Waals surface area contributed by atoms with E-state index in [4.69, 9.17) is 16.3 Å². The number of halogens is 2. The van der Waals surface area contributed by atoms with Crippen molar-refractivity contribution in [1.29, 1.82) is 0 Å². The number of esters is 1. The lowest BCUT2D eigenvalue weighted by Crippen LogP contribution is -2.27. The fourth-order valence-corrected chi connectivity index (χ4v) is 3.42. The molecule has 0 aliphatic heterocycles. The average molecular weight is 434 g/mol. The molecule has 1 N–H and O–H groups in total. The highest BCUT2D eigenvalue weighted by Gasteiger charge is 2.13. The second-order valence-corrected chi connectivity index (χ2v) is 7.37. The van der Waals surface area contributed by atoms with Crippen LogP contribution in [0, 0.1) is 12.7 Å². The van der Waals surface area contributed by atoms with Crippen LogP contribution in [-0.2, 0) is 20.9 Å². The molecule has 0 aliphatic rings. The molecule has 0 radical (unpaired) electrons. The van der Waals surface area contributed by atoms with Gasteiger partial charge in [0.25, 0.3) is 5.91 Å². The lowest BCUT2D eigenvalue weighted by Gasteiger charge is -2.04. The van der Waals surface area contributed by atoms with Gasteiger partial charge in [0.1, 0.15) is 11.0 Å². The normalized spacial score (nSPS) is 11.0. The number of aryl methyl sites for hydroxylation is 1. The third-order valence-electron chi connectivity index (χ3n) is 3.89. The van der Waals surface area contributed by atoms with E-state index in [1.165, 1.54) is 40.3 Å². The number of hydrogen-bond acceptors (Lipinski definition) is 5. The molecule has 0 atom stereocenters. The molecule has 0 spiro atoms. The minimum atomic E-state index is -0.679. The van der Waals surface area contributed by atoms with E-state index in [0.717, 1.165) is 4.88 Å². The first-order valence-corrected chi connectivity index (χ1v) is 9.85. The van der Waals surface area contributed by atoms with Crippen LogP contribution in [0.25, 0.3) is 11.8 Å². The fourth-order valence-electron chi connectivity index (χ4n) is 2.44. The van der Waals surface area contributed by atoms with Crippen LogP contribution in [0.4, 0.5) is 4.39 Å². The molecular weight excluding hydrogens is 417 g/mol. The molecule has 6 nitrogen and oxygen atoms in total. The minimum Gasteiger partial charge on any atom is -0.452 e. The van der Waals surface area contributed by atoms with Crippen molar-refractivity contribution < 1.29 is 18.7 Å². The molecule has 2 aromatic heterocycles. The summed E-state index contributed by atoms with van der Waals surface area (Å²) in [6, 6.07) is 9.49. The summed E-state index contributed by atoms with van der Waals surface area (Å²) < 4.78 is 19.5. The maximum Gasteiger partial charge on any atom is 0.331 e. The number of carbonyl (C=O) groups excluding carboxylic acids is 2. The van der Waals surface area contributed by atoms with Gasteiger partial charge in [0, 0.05) is 16.5 Å².